The predicted octanol–water partition coefficient (Wildman–Crippen LogP) is 2.08. The molecule has 0 fully saturated rings. The Bertz CT molecular complexity index is 455. The Labute approximate surface area is 131 Å². The van der Waals surface area contributed by atoms with Crippen LogP contribution in [0.2, 0.25) is 5.02 Å². The third-order valence-corrected chi connectivity index (χ3v) is 3.28. The molecule has 0 aromatic heterocycles. The molecule has 2 N–H and O–H groups in total. The second-order valence-corrected chi connectivity index (χ2v) is 5.21. The summed E-state index contributed by atoms with van der Waals surface area (Å²) in [6.45, 7) is 5.61. The molecule has 6 heteroatoms. The maximum Gasteiger partial charge on any atom is 0.253 e. The molecular weight excluding hydrogens is 290 g/mol. The van der Waals surface area contributed by atoms with Crippen molar-refractivity contribution < 1.29 is 9.53 Å². The van der Waals surface area contributed by atoms with E-state index in [1.54, 1.807) is 19.2 Å². The Balaban J connectivity index is 2.53. The van der Waals surface area contributed by atoms with Crippen molar-refractivity contribution in [2.24, 2.45) is 0 Å². The molecule has 0 bridgehead atoms. The fourth-order valence-corrected chi connectivity index (χ4v) is 2.04. The van der Waals surface area contributed by atoms with Crippen LogP contribution in [-0.2, 0) is 4.74 Å². The summed E-state index contributed by atoms with van der Waals surface area (Å²) in [5.74, 6) is -0.117. The highest BCUT2D eigenvalue weighted by Gasteiger charge is 2.11. The van der Waals surface area contributed by atoms with E-state index in [0.717, 1.165) is 25.3 Å². The Morgan fingerprint density at radius 2 is 2.14 bits per heavy atom. The number of carbonyl (C=O) groups excluding carboxylic acids is 1. The number of hydrogen-bond acceptors (Lipinski definition) is 4. The lowest BCUT2D eigenvalue weighted by Crippen LogP contribution is -2.34. The lowest BCUT2D eigenvalue weighted by molar-refractivity contribution is 0.0948. The molecule has 0 unspecified atom stereocenters. The number of benzene rings is 1. The summed E-state index contributed by atoms with van der Waals surface area (Å²) in [4.78, 5) is 14.3. The summed E-state index contributed by atoms with van der Waals surface area (Å²) < 4.78 is 5.01. The minimum Gasteiger partial charge on any atom is -0.385 e. The zero-order chi connectivity index (χ0) is 15.7. The van der Waals surface area contributed by atoms with Gasteiger partial charge in [0.05, 0.1) is 12.2 Å². The molecule has 1 aromatic rings. The van der Waals surface area contributed by atoms with Gasteiger partial charge in [0.1, 0.15) is 0 Å². The van der Waals surface area contributed by atoms with E-state index >= 15 is 0 Å². The van der Waals surface area contributed by atoms with Gasteiger partial charge in [0.2, 0.25) is 0 Å². The molecule has 21 heavy (non-hydrogen) atoms. The Hall–Kier alpha value is -1.30. The number of methoxy groups -OCH3 is 1. The number of carbonyl (C=O) groups is 1. The Morgan fingerprint density at radius 1 is 1.38 bits per heavy atom. The van der Waals surface area contributed by atoms with Crippen molar-refractivity contribution in [1.29, 1.82) is 0 Å². The van der Waals surface area contributed by atoms with Gasteiger partial charge in [-0.2, -0.15) is 0 Å². The highest BCUT2D eigenvalue weighted by Crippen LogP contribution is 2.20. The maximum absolute atomic E-state index is 12.2. The zero-order valence-corrected chi connectivity index (χ0v) is 13.7. The van der Waals surface area contributed by atoms with Crippen LogP contribution in [-0.4, -0.2) is 57.8 Å². The molecule has 0 aliphatic rings. The number of nitrogens with zero attached hydrogens (tertiary/aromatic N) is 1. The van der Waals surface area contributed by atoms with Gasteiger partial charge in [-0.15, -0.1) is 0 Å². The predicted molar refractivity (Wildman–Crippen MR) is 87.3 cm³/mol. The summed E-state index contributed by atoms with van der Waals surface area (Å²) in [5.41, 5.74) is 1.37. The van der Waals surface area contributed by atoms with Crippen molar-refractivity contribution in [1.82, 2.24) is 10.2 Å². The first-order chi connectivity index (χ1) is 10.1. The molecule has 0 saturated carbocycles. The second-order valence-electron chi connectivity index (χ2n) is 4.77. The lowest BCUT2D eigenvalue weighted by Gasteiger charge is -2.17. The van der Waals surface area contributed by atoms with Crippen molar-refractivity contribution in [3.05, 3.63) is 28.8 Å². The largest absolute Gasteiger partial charge is 0.385 e. The van der Waals surface area contributed by atoms with Crippen LogP contribution in [0.15, 0.2) is 18.2 Å². The van der Waals surface area contributed by atoms with Crippen molar-refractivity contribution in [3.63, 3.8) is 0 Å². The van der Waals surface area contributed by atoms with E-state index in [0.29, 0.717) is 23.7 Å². The first-order valence-electron chi connectivity index (χ1n) is 7.07. The van der Waals surface area contributed by atoms with Crippen LogP contribution in [0, 0.1) is 0 Å². The monoisotopic (exact) mass is 313 g/mol. The molecule has 0 aliphatic heterocycles. The van der Waals surface area contributed by atoms with E-state index < -0.39 is 0 Å². The molecule has 0 spiro atoms. The van der Waals surface area contributed by atoms with E-state index in [9.17, 15) is 4.79 Å². The van der Waals surface area contributed by atoms with Gasteiger partial charge in [0.15, 0.2) is 0 Å². The van der Waals surface area contributed by atoms with Gasteiger partial charge in [0.25, 0.3) is 5.91 Å². The summed E-state index contributed by atoms with van der Waals surface area (Å²) in [7, 11) is 3.67. The number of ether oxygens (including phenoxy) is 1. The second kappa shape index (κ2) is 9.60. The quantitative estimate of drug-likeness (QED) is 0.733. The molecule has 0 atom stereocenters. The molecule has 1 rings (SSSR count). The standard InChI is InChI=1S/C15H24ClN3O2/c1-4-17-14-6-5-12(16)11-13(14)15(20)18-7-8-19(2)9-10-21-3/h5-6,11,17H,4,7-10H2,1-3H3,(H,18,20). The third-order valence-electron chi connectivity index (χ3n) is 3.05. The molecule has 0 heterocycles. The van der Waals surface area contributed by atoms with Gasteiger partial charge in [0, 0.05) is 44.0 Å². The minimum atomic E-state index is -0.117. The normalized spacial score (nSPS) is 10.7. The van der Waals surface area contributed by atoms with Crippen LogP contribution < -0.4 is 10.6 Å². The fourth-order valence-electron chi connectivity index (χ4n) is 1.86. The van der Waals surface area contributed by atoms with Crippen LogP contribution >= 0.6 is 11.6 Å². The topological polar surface area (TPSA) is 53.6 Å². The van der Waals surface area contributed by atoms with Gasteiger partial charge < -0.3 is 20.3 Å². The van der Waals surface area contributed by atoms with Gasteiger partial charge >= 0.3 is 0 Å². The summed E-state index contributed by atoms with van der Waals surface area (Å²) in [6.07, 6.45) is 0. The van der Waals surface area contributed by atoms with Gasteiger partial charge in [-0.1, -0.05) is 11.6 Å². The SMILES string of the molecule is CCNc1ccc(Cl)cc1C(=O)NCCN(C)CCOC. The molecule has 0 aliphatic carbocycles. The molecule has 1 amide bonds. The van der Waals surface area contributed by atoms with Crippen LogP contribution in [0.25, 0.3) is 0 Å². The van der Waals surface area contributed by atoms with Crippen LogP contribution in [0.1, 0.15) is 17.3 Å². The average Bonchev–Trinajstić information content (AvgIpc) is 2.47. The van der Waals surface area contributed by atoms with E-state index in [-0.39, 0.29) is 5.91 Å². The van der Waals surface area contributed by atoms with Crippen LogP contribution in [0.5, 0.6) is 0 Å². The van der Waals surface area contributed by atoms with E-state index in [1.807, 2.05) is 20.0 Å². The first-order valence-corrected chi connectivity index (χ1v) is 7.45. The third kappa shape index (κ3) is 6.33. The summed E-state index contributed by atoms with van der Waals surface area (Å²) >= 11 is 5.97. The summed E-state index contributed by atoms with van der Waals surface area (Å²) in [5, 5.41) is 6.63. The smallest absolute Gasteiger partial charge is 0.253 e. The average molecular weight is 314 g/mol. The zero-order valence-electron chi connectivity index (χ0n) is 12.9. The maximum atomic E-state index is 12.2. The van der Waals surface area contributed by atoms with Gasteiger partial charge in [-0.05, 0) is 32.2 Å². The molecule has 0 saturated heterocycles. The van der Waals surface area contributed by atoms with Crippen LogP contribution in [0.4, 0.5) is 5.69 Å². The number of anilines is 1. The minimum absolute atomic E-state index is 0.117. The van der Waals surface area contributed by atoms with Crippen LogP contribution in [0.3, 0.4) is 0 Å². The highest BCUT2D eigenvalue weighted by atomic mass is 35.5. The van der Waals surface area contributed by atoms with E-state index in [1.165, 1.54) is 0 Å². The highest BCUT2D eigenvalue weighted by molar-refractivity contribution is 6.31. The molecule has 5 nitrogen and oxygen atoms in total. The lowest BCUT2D eigenvalue weighted by atomic mass is 10.1. The van der Waals surface area contributed by atoms with E-state index in [4.69, 9.17) is 16.3 Å². The van der Waals surface area contributed by atoms with Gasteiger partial charge in [-0.25, -0.2) is 0 Å². The number of nitrogens with one attached hydrogen (secondary N) is 2. The Kier molecular flexibility index (Phi) is 8.12. The van der Waals surface area contributed by atoms with Crippen molar-refractivity contribution in [2.75, 3.05) is 52.3 Å². The Morgan fingerprint density at radius 3 is 2.81 bits per heavy atom. The molecule has 118 valence electrons. The fraction of sp³-hybridized carbons (Fsp3) is 0.533. The van der Waals surface area contributed by atoms with Gasteiger partial charge in [-0.3, -0.25) is 4.79 Å². The van der Waals surface area contributed by atoms with Crippen molar-refractivity contribution >= 4 is 23.2 Å². The van der Waals surface area contributed by atoms with Crippen molar-refractivity contribution in [2.45, 2.75) is 6.92 Å². The number of halogens is 1. The molecule has 1 aromatic carbocycles. The number of likely N-dealkylation sites (N-methyl/N-ethyl adjacent to an activating group) is 1. The van der Waals surface area contributed by atoms with E-state index in [2.05, 4.69) is 15.5 Å². The molecular formula is C15H24ClN3O2. The van der Waals surface area contributed by atoms with Crippen molar-refractivity contribution in [3.8, 4) is 0 Å². The first kappa shape index (κ1) is 17.8. The number of rotatable bonds is 9. The number of amides is 1. The molecule has 0 radical (unpaired) electrons. The summed E-state index contributed by atoms with van der Waals surface area (Å²) in [6, 6.07) is 5.28. The number of hydrogen-bond donors (Lipinski definition) is 2.